The molecule has 8 heteroatoms. The van der Waals surface area contributed by atoms with Crippen molar-refractivity contribution in [3.8, 4) is 0 Å². The summed E-state index contributed by atoms with van der Waals surface area (Å²) < 4.78 is 13.5. The zero-order valence-electron chi connectivity index (χ0n) is 20.7. The van der Waals surface area contributed by atoms with Crippen molar-refractivity contribution in [1.82, 2.24) is 20.5 Å². The summed E-state index contributed by atoms with van der Waals surface area (Å²) in [5.41, 5.74) is 3.26. The second-order valence-corrected chi connectivity index (χ2v) is 9.85. The van der Waals surface area contributed by atoms with Crippen LogP contribution in [0.1, 0.15) is 51.8 Å². The van der Waals surface area contributed by atoms with Crippen LogP contribution in [0, 0.1) is 5.82 Å². The average Bonchev–Trinajstić information content (AvgIpc) is 3.25. The molecule has 1 saturated heterocycles. The van der Waals surface area contributed by atoms with Crippen LogP contribution in [0.2, 0.25) is 0 Å². The van der Waals surface area contributed by atoms with Gasteiger partial charge < -0.3 is 30.4 Å². The number of amides is 1. The molecule has 0 aliphatic carbocycles. The van der Waals surface area contributed by atoms with E-state index in [1.54, 1.807) is 13.1 Å². The predicted octanol–water partition coefficient (Wildman–Crippen LogP) is 2.51. The molecule has 2 aromatic rings. The quantitative estimate of drug-likeness (QED) is 0.474. The number of aromatic amines is 1. The van der Waals surface area contributed by atoms with Gasteiger partial charge in [0.1, 0.15) is 12.1 Å². The fourth-order valence-corrected chi connectivity index (χ4v) is 4.26. The first-order valence-corrected chi connectivity index (χ1v) is 11.6. The fourth-order valence-electron chi connectivity index (χ4n) is 4.26. The van der Waals surface area contributed by atoms with Crippen LogP contribution in [0.3, 0.4) is 0 Å². The van der Waals surface area contributed by atoms with Crippen LogP contribution in [0.15, 0.2) is 18.2 Å². The zero-order valence-corrected chi connectivity index (χ0v) is 20.7. The van der Waals surface area contributed by atoms with E-state index >= 15 is 0 Å². The van der Waals surface area contributed by atoms with Crippen molar-refractivity contribution in [3.63, 3.8) is 0 Å². The lowest BCUT2D eigenvalue weighted by Crippen LogP contribution is -2.40. The highest BCUT2D eigenvalue weighted by Crippen LogP contribution is 2.34. The van der Waals surface area contributed by atoms with Gasteiger partial charge in [0.15, 0.2) is 0 Å². The zero-order chi connectivity index (χ0) is 24.8. The molecular weight excluding hydrogens is 423 g/mol. The third-order valence-corrected chi connectivity index (χ3v) is 6.01. The van der Waals surface area contributed by atoms with Crippen molar-refractivity contribution in [2.75, 3.05) is 27.2 Å². The first-order chi connectivity index (χ1) is 15.5. The van der Waals surface area contributed by atoms with Crippen molar-refractivity contribution < 1.29 is 19.1 Å². The number of aliphatic hydroxyl groups excluding tert-OH is 1. The maximum Gasteiger partial charge on any atom is 0.234 e. The van der Waals surface area contributed by atoms with E-state index in [0.29, 0.717) is 12.5 Å². The van der Waals surface area contributed by atoms with Crippen LogP contribution < -0.4 is 10.6 Å². The minimum Gasteiger partial charge on any atom is -0.392 e. The number of nitrogens with one attached hydrogen (secondary N) is 3. The van der Waals surface area contributed by atoms with Crippen LogP contribution in [0.25, 0.3) is 10.9 Å². The Labute approximate surface area is 196 Å². The molecular formula is C25H39FN4O3. The molecule has 1 amide bonds. The van der Waals surface area contributed by atoms with E-state index < -0.39 is 0 Å². The third-order valence-electron chi connectivity index (χ3n) is 6.01. The monoisotopic (exact) mass is 462 g/mol. The topological polar surface area (TPSA) is 97.5 Å². The molecule has 0 spiro atoms. The molecule has 4 N–H and O–H groups in total. The normalized spacial score (nSPS) is 19.8. The molecule has 1 aromatic heterocycles. The van der Waals surface area contributed by atoms with E-state index in [1.165, 1.54) is 17.3 Å². The fraction of sp³-hybridized carbons (Fsp3) is 0.600. The number of hydrogen-bond acceptors (Lipinski definition) is 5. The summed E-state index contributed by atoms with van der Waals surface area (Å²) in [6.45, 7) is 9.34. The van der Waals surface area contributed by atoms with Crippen LogP contribution in [-0.4, -0.2) is 72.6 Å². The Bertz CT molecular complexity index is 938. The summed E-state index contributed by atoms with van der Waals surface area (Å²) in [4.78, 5) is 26.7. The highest BCUT2D eigenvalue weighted by molar-refractivity contribution is 5.85. The van der Waals surface area contributed by atoms with Gasteiger partial charge in [-0.3, -0.25) is 4.79 Å². The molecule has 184 valence electrons. The van der Waals surface area contributed by atoms with Crippen LogP contribution in [0.4, 0.5) is 4.39 Å². The first-order valence-electron chi connectivity index (χ1n) is 11.6. The number of likely N-dealkylation sites (tertiary alicyclic amines) is 1. The number of fused-ring (bicyclic) bond motifs is 1. The number of aliphatic hydroxyl groups is 1. The summed E-state index contributed by atoms with van der Waals surface area (Å²) in [5, 5.41) is 16.2. The van der Waals surface area contributed by atoms with Crippen LogP contribution >= 0.6 is 0 Å². The predicted molar refractivity (Wildman–Crippen MR) is 130 cm³/mol. The largest absolute Gasteiger partial charge is 0.392 e. The third kappa shape index (κ3) is 7.35. The van der Waals surface area contributed by atoms with Crippen molar-refractivity contribution in [2.45, 2.75) is 70.6 Å². The Morgan fingerprint density at radius 1 is 1.39 bits per heavy atom. The molecule has 3 rings (SSSR count). The number of carbonyl (C=O) groups is 2. The summed E-state index contributed by atoms with van der Waals surface area (Å²) in [6.07, 6.45) is 2.82. The number of halogens is 1. The Morgan fingerprint density at radius 2 is 2.09 bits per heavy atom. The second-order valence-electron chi connectivity index (χ2n) is 9.85. The van der Waals surface area contributed by atoms with E-state index in [9.17, 15) is 19.1 Å². The number of H-pyrrole nitrogens is 1. The molecule has 0 saturated carbocycles. The summed E-state index contributed by atoms with van der Waals surface area (Å²) >= 11 is 0. The lowest BCUT2D eigenvalue weighted by atomic mass is 9.86. The number of rotatable bonds is 7. The standard InChI is InChI=1S/C18H25FN2O.C7H14N2O2/c1-18(2,3)17-15(9-12-8-13(22)10-21(12)4)14-6-5-11(19)7-16(14)20-17;1-3-6(5-10)9-7(11)4-8-2/h5-7,12-13,20,22H,8-10H2,1-4H3;5-6,8H,3-4H2,1-2H3,(H,9,11). The molecule has 1 fully saturated rings. The van der Waals surface area contributed by atoms with Crippen LogP contribution in [-0.2, 0) is 21.4 Å². The van der Waals surface area contributed by atoms with E-state index in [4.69, 9.17) is 0 Å². The lowest BCUT2D eigenvalue weighted by molar-refractivity contribution is -0.123. The first kappa shape index (κ1) is 27.0. The summed E-state index contributed by atoms with van der Waals surface area (Å²) in [6, 6.07) is 4.97. The second kappa shape index (κ2) is 11.7. The van der Waals surface area contributed by atoms with Gasteiger partial charge in [0.2, 0.25) is 5.91 Å². The summed E-state index contributed by atoms with van der Waals surface area (Å²) in [7, 11) is 3.74. The molecule has 1 aromatic carbocycles. The highest BCUT2D eigenvalue weighted by atomic mass is 19.1. The van der Waals surface area contributed by atoms with Gasteiger partial charge in [-0.05, 0) is 57.1 Å². The van der Waals surface area contributed by atoms with Gasteiger partial charge in [0.25, 0.3) is 0 Å². The minimum absolute atomic E-state index is 0.0272. The number of hydrogen-bond donors (Lipinski definition) is 4. The van der Waals surface area contributed by atoms with Gasteiger partial charge >= 0.3 is 0 Å². The maximum atomic E-state index is 13.5. The summed E-state index contributed by atoms with van der Waals surface area (Å²) in [5.74, 6) is -0.361. The molecule has 2 heterocycles. The van der Waals surface area contributed by atoms with Gasteiger partial charge in [-0.25, -0.2) is 4.39 Å². The van der Waals surface area contributed by atoms with E-state index in [0.717, 1.165) is 36.6 Å². The SMILES string of the molecule is CCC(C=O)NC(=O)CNC.CN1CC(O)CC1Cc1c(C(C)(C)C)[nH]c2cc(F)ccc12. The number of aromatic nitrogens is 1. The van der Waals surface area contributed by atoms with Crippen molar-refractivity contribution >= 4 is 23.1 Å². The Morgan fingerprint density at radius 3 is 2.61 bits per heavy atom. The molecule has 0 radical (unpaired) electrons. The van der Waals surface area contributed by atoms with E-state index in [2.05, 4.69) is 48.3 Å². The molecule has 33 heavy (non-hydrogen) atoms. The van der Waals surface area contributed by atoms with Crippen molar-refractivity contribution in [3.05, 3.63) is 35.3 Å². The highest BCUT2D eigenvalue weighted by Gasteiger charge is 2.31. The van der Waals surface area contributed by atoms with Gasteiger partial charge in [-0.2, -0.15) is 0 Å². The molecule has 3 unspecified atom stereocenters. The molecule has 1 aliphatic rings. The Kier molecular flexibility index (Phi) is 9.57. The maximum absolute atomic E-state index is 13.5. The lowest BCUT2D eigenvalue weighted by Gasteiger charge is -2.23. The smallest absolute Gasteiger partial charge is 0.234 e. The van der Waals surface area contributed by atoms with Gasteiger partial charge in [-0.15, -0.1) is 0 Å². The number of nitrogens with zero attached hydrogens (tertiary/aromatic N) is 1. The van der Waals surface area contributed by atoms with E-state index in [1.807, 2.05) is 13.0 Å². The van der Waals surface area contributed by atoms with Gasteiger partial charge in [-0.1, -0.05) is 27.7 Å². The van der Waals surface area contributed by atoms with Crippen LogP contribution in [0.5, 0.6) is 0 Å². The Balaban J connectivity index is 0.000000299. The molecule has 1 aliphatic heterocycles. The molecule has 3 atom stereocenters. The van der Waals surface area contributed by atoms with Gasteiger partial charge in [0.05, 0.1) is 18.7 Å². The number of carbonyl (C=O) groups excluding carboxylic acids is 2. The van der Waals surface area contributed by atoms with E-state index in [-0.39, 0.29) is 35.8 Å². The molecule has 0 bridgehead atoms. The number of likely N-dealkylation sites (N-methyl/N-ethyl adjacent to an activating group) is 2. The number of benzene rings is 1. The number of β-amino-alcohol motifs (C(OH)–C–C–N with tert-alkyl or cyclic N) is 1. The van der Waals surface area contributed by atoms with Gasteiger partial charge in [0, 0.05) is 34.6 Å². The van der Waals surface area contributed by atoms with Crippen molar-refractivity contribution in [2.24, 2.45) is 0 Å². The number of aldehydes is 1. The van der Waals surface area contributed by atoms with Crippen molar-refractivity contribution in [1.29, 1.82) is 0 Å². The average molecular weight is 463 g/mol. The minimum atomic E-state index is -0.337. The molecule has 7 nitrogen and oxygen atoms in total. The Hall–Kier alpha value is -2.29.